The lowest BCUT2D eigenvalue weighted by atomic mass is 9.95. The Morgan fingerprint density at radius 2 is 2.05 bits per heavy atom. The second-order valence-electron chi connectivity index (χ2n) is 5.54. The van der Waals surface area contributed by atoms with E-state index in [4.69, 9.17) is 5.73 Å². The maximum absolute atomic E-state index is 12.9. The predicted octanol–water partition coefficient (Wildman–Crippen LogP) is 3.33. The summed E-state index contributed by atoms with van der Waals surface area (Å²) in [6.45, 7) is 2.08. The monoisotopic (exact) mass is 364 g/mol. The van der Waals surface area contributed by atoms with Gasteiger partial charge in [-0.15, -0.1) is 0 Å². The van der Waals surface area contributed by atoms with Crippen LogP contribution in [0.4, 0.5) is 13.2 Å². The highest BCUT2D eigenvalue weighted by Crippen LogP contribution is 2.39. The van der Waals surface area contributed by atoms with Crippen LogP contribution < -0.4 is 11.1 Å². The van der Waals surface area contributed by atoms with Gasteiger partial charge in [-0.3, -0.25) is 4.79 Å². The van der Waals surface area contributed by atoms with Crippen molar-refractivity contribution in [3.63, 3.8) is 0 Å². The molecule has 0 saturated heterocycles. The summed E-state index contributed by atoms with van der Waals surface area (Å²) in [6.07, 6.45) is -2.56. The summed E-state index contributed by atoms with van der Waals surface area (Å²) >= 11 is 2.85. The number of halogens is 4. The van der Waals surface area contributed by atoms with Gasteiger partial charge in [0.15, 0.2) is 0 Å². The number of amides is 1. The topological polar surface area (TPSA) is 55.1 Å². The zero-order valence-corrected chi connectivity index (χ0v) is 13.0. The molecule has 3 N–H and O–H groups in total. The predicted molar refractivity (Wildman–Crippen MR) is 76.8 cm³/mol. The molecule has 0 bridgehead atoms. The maximum Gasteiger partial charge on any atom is 0.417 e. The Balaban J connectivity index is 2.24. The van der Waals surface area contributed by atoms with Crippen LogP contribution in [0.25, 0.3) is 0 Å². The third-order valence-electron chi connectivity index (χ3n) is 3.84. The molecule has 116 valence electrons. The summed E-state index contributed by atoms with van der Waals surface area (Å²) in [6, 6.07) is 3.44. The molecule has 1 atom stereocenters. The van der Waals surface area contributed by atoms with Gasteiger partial charge in [-0.25, -0.2) is 0 Å². The molecule has 1 fully saturated rings. The van der Waals surface area contributed by atoms with Crippen LogP contribution in [0.15, 0.2) is 22.7 Å². The fourth-order valence-electron chi connectivity index (χ4n) is 2.26. The highest BCUT2D eigenvalue weighted by atomic mass is 79.9. The summed E-state index contributed by atoms with van der Waals surface area (Å²) in [5, 5.41) is 2.77. The number of alkyl halides is 3. The van der Waals surface area contributed by atoms with E-state index in [9.17, 15) is 18.0 Å². The molecule has 1 saturated carbocycles. The second-order valence-corrected chi connectivity index (χ2v) is 6.40. The minimum Gasteiger partial charge on any atom is -0.345 e. The van der Waals surface area contributed by atoms with Gasteiger partial charge < -0.3 is 11.1 Å². The molecule has 0 radical (unpaired) electrons. The van der Waals surface area contributed by atoms with Crippen molar-refractivity contribution in [2.24, 2.45) is 11.7 Å². The fraction of sp³-hybridized carbons (Fsp3) is 0.500. The van der Waals surface area contributed by atoms with Crippen LogP contribution in [-0.2, 0) is 6.18 Å². The highest BCUT2D eigenvalue weighted by Gasteiger charge is 2.42. The van der Waals surface area contributed by atoms with Gasteiger partial charge in [0.1, 0.15) is 0 Å². The molecular formula is C14H16BrF3N2O. The Morgan fingerprint density at radius 3 is 2.52 bits per heavy atom. The molecule has 0 heterocycles. The molecule has 1 unspecified atom stereocenters. The SMILES string of the molecule is CC(CN)(NC(=O)c1ccc(Br)c(C(F)(F)F)c1)C1CC1. The first-order valence-electron chi connectivity index (χ1n) is 6.57. The summed E-state index contributed by atoms with van der Waals surface area (Å²) < 4.78 is 38.5. The van der Waals surface area contributed by atoms with E-state index in [1.807, 2.05) is 6.92 Å². The lowest BCUT2D eigenvalue weighted by Crippen LogP contribution is -2.53. The van der Waals surface area contributed by atoms with E-state index in [1.165, 1.54) is 12.1 Å². The maximum atomic E-state index is 12.9. The van der Waals surface area contributed by atoms with E-state index >= 15 is 0 Å². The van der Waals surface area contributed by atoms with Crippen LogP contribution in [-0.4, -0.2) is 18.0 Å². The van der Waals surface area contributed by atoms with Crippen molar-refractivity contribution in [2.45, 2.75) is 31.5 Å². The highest BCUT2D eigenvalue weighted by molar-refractivity contribution is 9.10. The summed E-state index contributed by atoms with van der Waals surface area (Å²) in [5.74, 6) is -0.239. The Bertz CT molecular complexity index is 558. The minimum absolute atomic E-state index is 0.0224. The summed E-state index contributed by atoms with van der Waals surface area (Å²) in [5.41, 5.74) is 4.24. The lowest BCUT2D eigenvalue weighted by Gasteiger charge is -2.29. The molecule has 1 aromatic rings. The van der Waals surface area contributed by atoms with E-state index < -0.39 is 23.2 Å². The van der Waals surface area contributed by atoms with Crippen LogP contribution in [0, 0.1) is 5.92 Å². The Hall–Kier alpha value is -1.08. The minimum atomic E-state index is -4.51. The van der Waals surface area contributed by atoms with E-state index in [1.54, 1.807) is 0 Å². The van der Waals surface area contributed by atoms with E-state index in [2.05, 4.69) is 21.2 Å². The second kappa shape index (κ2) is 5.61. The standard InChI is InChI=1S/C14H16BrF3N2O/c1-13(7-19,9-3-4-9)20-12(21)8-2-5-11(15)10(6-8)14(16,17)18/h2,5-6,9H,3-4,7,19H2,1H3,(H,20,21). The average molecular weight is 365 g/mol. The number of hydrogen-bond acceptors (Lipinski definition) is 2. The van der Waals surface area contributed by atoms with Gasteiger partial charge in [-0.05, 0) is 43.9 Å². The number of nitrogens with two attached hydrogens (primary N) is 1. The molecule has 1 aromatic carbocycles. The first-order valence-corrected chi connectivity index (χ1v) is 7.36. The average Bonchev–Trinajstić information content (AvgIpc) is 3.22. The molecule has 0 aromatic heterocycles. The quantitative estimate of drug-likeness (QED) is 0.860. The molecule has 2 rings (SSSR count). The number of nitrogens with one attached hydrogen (secondary N) is 1. The van der Waals surface area contributed by atoms with Crippen molar-refractivity contribution in [3.8, 4) is 0 Å². The molecule has 1 aliphatic rings. The van der Waals surface area contributed by atoms with Gasteiger partial charge in [0.2, 0.25) is 0 Å². The third-order valence-corrected chi connectivity index (χ3v) is 4.53. The normalized spacial score (nSPS) is 18.2. The summed E-state index contributed by atoms with van der Waals surface area (Å²) in [4.78, 5) is 12.2. The van der Waals surface area contributed by atoms with Crippen molar-refractivity contribution in [1.29, 1.82) is 0 Å². The van der Waals surface area contributed by atoms with Crippen LogP contribution in [0.1, 0.15) is 35.7 Å². The van der Waals surface area contributed by atoms with Crippen molar-refractivity contribution in [2.75, 3.05) is 6.54 Å². The Morgan fingerprint density at radius 1 is 1.43 bits per heavy atom. The smallest absolute Gasteiger partial charge is 0.345 e. The zero-order valence-electron chi connectivity index (χ0n) is 11.4. The van der Waals surface area contributed by atoms with Crippen molar-refractivity contribution in [1.82, 2.24) is 5.32 Å². The van der Waals surface area contributed by atoms with Gasteiger partial charge in [0.25, 0.3) is 5.91 Å². The van der Waals surface area contributed by atoms with E-state index in [-0.39, 0.29) is 16.6 Å². The van der Waals surface area contributed by atoms with Gasteiger partial charge in [0.05, 0.1) is 11.1 Å². The van der Waals surface area contributed by atoms with Crippen LogP contribution in [0.5, 0.6) is 0 Å². The fourth-order valence-corrected chi connectivity index (χ4v) is 2.73. The van der Waals surface area contributed by atoms with Crippen LogP contribution >= 0.6 is 15.9 Å². The number of rotatable bonds is 4. The van der Waals surface area contributed by atoms with E-state index in [0.29, 0.717) is 5.92 Å². The molecule has 0 spiro atoms. The Labute approximate surface area is 129 Å². The number of benzene rings is 1. The molecule has 1 aliphatic carbocycles. The van der Waals surface area contributed by atoms with Gasteiger partial charge in [-0.2, -0.15) is 13.2 Å². The molecule has 21 heavy (non-hydrogen) atoms. The van der Waals surface area contributed by atoms with Gasteiger partial charge >= 0.3 is 6.18 Å². The molecule has 0 aliphatic heterocycles. The zero-order chi connectivity index (χ0) is 15.8. The van der Waals surface area contributed by atoms with Gasteiger partial charge in [0, 0.05) is 16.6 Å². The Kier molecular flexibility index (Phi) is 4.35. The number of carbonyl (C=O) groups is 1. The van der Waals surface area contributed by atoms with Crippen LogP contribution in [0.3, 0.4) is 0 Å². The first-order chi connectivity index (χ1) is 9.67. The largest absolute Gasteiger partial charge is 0.417 e. The summed E-state index contributed by atoms with van der Waals surface area (Å²) in [7, 11) is 0. The van der Waals surface area contributed by atoms with Crippen molar-refractivity contribution in [3.05, 3.63) is 33.8 Å². The van der Waals surface area contributed by atoms with E-state index in [0.717, 1.165) is 18.9 Å². The lowest BCUT2D eigenvalue weighted by molar-refractivity contribution is -0.138. The number of carbonyl (C=O) groups excluding carboxylic acids is 1. The van der Waals surface area contributed by atoms with Crippen LogP contribution in [0.2, 0.25) is 0 Å². The first kappa shape index (κ1) is 16.3. The van der Waals surface area contributed by atoms with Crippen molar-refractivity contribution < 1.29 is 18.0 Å². The van der Waals surface area contributed by atoms with Crippen molar-refractivity contribution >= 4 is 21.8 Å². The number of hydrogen-bond donors (Lipinski definition) is 2. The molecular weight excluding hydrogens is 349 g/mol. The molecule has 1 amide bonds. The molecule has 3 nitrogen and oxygen atoms in total. The van der Waals surface area contributed by atoms with Gasteiger partial charge in [-0.1, -0.05) is 15.9 Å². The molecule has 7 heteroatoms. The third kappa shape index (κ3) is 3.58.